The van der Waals surface area contributed by atoms with Crippen LogP contribution in [-0.4, -0.2) is 32.4 Å². The predicted octanol–water partition coefficient (Wildman–Crippen LogP) is -0.111. The van der Waals surface area contributed by atoms with E-state index in [1.54, 1.807) is 0 Å². The summed E-state index contributed by atoms with van der Waals surface area (Å²) in [6.07, 6.45) is -3.42. The molecule has 17 heavy (non-hydrogen) atoms. The number of carbonyl (C=O) groups is 1. The molecule has 7 nitrogen and oxygen atoms in total. The number of aliphatic hydroxyl groups excluding tert-OH is 2. The van der Waals surface area contributed by atoms with Crippen LogP contribution < -0.4 is 5.73 Å². The lowest BCUT2D eigenvalue weighted by Crippen LogP contribution is -2.27. The molecule has 0 fully saturated rings. The summed E-state index contributed by atoms with van der Waals surface area (Å²) >= 11 is 0. The summed E-state index contributed by atoms with van der Waals surface area (Å²) in [7, 11) is 0. The number of hydrogen-bond donors (Lipinski definition) is 4. The Hall–Kier alpha value is -2.12. The van der Waals surface area contributed by atoms with Crippen molar-refractivity contribution in [2.45, 2.75) is 12.2 Å². The van der Waals surface area contributed by atoms with E-state index in [0.717, 1.165) is 0 Å². The molecule has 7 heteroatoms. The number of fused-ring (bicyclic) bond motifs is 1. The Balaban J connectivity index is 2.38. The van der Waals surface area contributed by atoms with Crippen molar-refractivity contribution in [2.24, 2.45) is 0 Å². The Kier molecular flexibility index (Phi) is 2.70. The highest BCUT2D eigenvalue weighted by Gasteiger charge is 2.25. The van der Waals surface area contributed by atoms with Gasteiger partial charge in [0.1, 0.15) is 11.6 Å². The van der Waals surface area contributed by atoms with E-state index in [4.69, 9.17) is 15.3 Å². The van der Waals surface area contributed by atoms with Crippen molar-refractivity contribution in [1.82, 2.24) is 4.98 Å². The van der Waals surface area contributed by atoms with Gasteiger partial charge in [0, 0.05) is 0 Å². The minimum absolute atomic E-state index is 0.0228. The lowest BCUT2D eigenvalue weighted by atomic mass is 10.0. The van der Waals surface area contributed by atoms with Gasteiger partial charge in [-0.25, -0.2) is 4.79 Å². The van der Waals surface area contributed by atoms with Gasteiger partial charge in [-0.2, -0.15) is 4.98 Å². The van der Waals surface area contributed by atoms with Gasteiger partial charge in [-0.3, -0.25) is 0 Å². The van der Waals surface area contributed by atoms with Crippen molar-refractivity contribution in [3.63, 3.8) is 0 Å². The Bertz CT molecular complexity index is 565. The van der Waals surface area contributed by atoms with Gasteiger partial charge >= 0.3 is 5.97 Å². The number of hydrogen-bond acceptors (Lipinski definition) is 6. The van der Waals surface area contributed by atoms with E-state index in [-0.39, 0.29) is 11.6 Å². The normalized spacial score (nSPS) is 14.7. The van der Waals surface area contributed by atoms with Crippen molar-refractivity contribution in [2.75, 3.05) is 5.73 Å². The third-order valence-corrected chi connectivity index (χ3v) is 2.32. The summed E-state index contributed by atoms with van der Waals surface area (Å²) in [6, 6.07) is 4.31. The molecule has 2 aromatic rings. The molecular weight excluding hydrogens is 228 g/mol. The van der Waals surface area contributed by atoms with Gasteiger partial charge in [-0.1, -0.05) is 6.07 Å². The maximum atomic E-state index is 10.5. The second kappa shape index (κ2) is 4.04. The zero-order valence-corrected chi connectivity index (χ0v) is 8.57. The lowest BCUT2D eigenvalue weighted by molar-refractivity contribution is -0.153. The number of anilines is 1. The summed E-state index contributed by atoms with van der Waals surface area (Å²) < 4.78 is 5.02. The average Bonchev–Trinajstić information content (AvgIpc) is 2.65. The first kappa shape index (κ1) is 11.4. The first-order chi connectivity index (χ1) is 7.99. The van der Waals surface area contributed by atoms with Gasteiger partial charge in [0.15, 0.2) is 11.7 Å². The van der Waals surface area contributed by atoms with Crippen LogP contribution in [0.5, 0.6) is 0 Å². The molecule has 1 aromatic heterocycles. The number of rotatable bonds is 3. The standard InChI is InChI=1S/C10H10N2O5/c11-10-12-5-3-4(1-2-6(5)17-10)7(13)8(14)9(15)16/h1-3,7-8,13-14H,(H2,11,12)(H,15,16). The van der Waals surface area contributed by atoms with Crippen LogP contribution in [0.15, 0.2) is 22.6 Å². The maximum Gasteiger partial charge on any atom is 0.335 e. The van der Waals surface area contributed by atoms with Gasteiger partial charge < -0.3 is 25.5 Å². The number of benzene rings is 1. The predicted molar refractivity (Wildman–Crippen MR) is 57.0 cm³/mol. The number of oxazole rings is 1. The lowest BCUT2D eigenvalue weighted by Gasteiger charge is -2.13. The van der Waals surface area contributed by atoms with Crippen molar-refractivity contribution in [3.8, 4) is 0 Å². The fourth-order valence-electron chi connectivity index (χ4n) is 1.46. The second-order valence-electron chi connectivity index (χ2n) is 3.51. The highest BCUT2D eigenvalue weighted by atomic mass is 16.4. The van der Waals surface area contributed by atoms with Gasteiger partial charge in [0.05, 0.1) is 0 Å². The van der Waals surface area contributed by atoms with Gasteiger partial charge in [-0.15, -0.1) is 0 Å². The van der Waals surface area contributed by atoms with Crippen LogP contribution in [0.3, 0.4) is 0 Å². The third-order valence-electron chi connectivity index (χ3n) is 2.32. The topological polar surface area (TPSA) is 130 Å². The highest BCUT2D eigenvalue weighted by Crippen LogP contribution is 2.23. The Morgan fingerprint density at radius 2 is 2.12 bits per heavy atom. The molecule has 5 N–H and O–H groups in total. The molecule has 0 aliphatic heterocycles. The highest BCUT2D eigenvalue weighted by molar-refractivity contribution is 5.76. The fraction of sp³-hybridized carbons (Fsp3) is 0.200. The zero-order valence-electron chi connectivity index (χ0n) is 8.57. The zero-order chi connectivity index (χ0) is 12.6. The molecule has 0 amide bonds. The van der Waals surface area contributed by atoms with E-state index in [9.17, 15) is 15.0 Å². The summed E-state index contributed by atoms with van der Waals surface area (Å²) in [5, 5.41) is 27.4. The van der Waals surface area contributed by atoms with E-state index >= 15 is 0 Å². The molecule has 90 valence electrons. The summed E-state index contributed by atoms with van der Waals surface area (Å²) in [5.74, 6) is -1.50. The molecule has 1 heterocycles. The number of carboxylic acid groups (broad SMARTS) is 1. The molecule has 0 saturated heterocycles. The molecular formula is C10H10N2O5. The van der Waals surface area contributed by atoms with Gasteiger partial charge in [0.25, 0.3) is 6.01 Å². The SMILES string of the molecule is Nc1nc2cc(C(O)C(O)C(=O)O)ccc2o1. The molecule has 2 atom stereocenters. The number of nitrogens with two attached hydrogens (primary N) is 1. The molecule has 0 radical (unpaired) electrons. The largest absolute Gasteiger partial charge is 0.479 e. The number of aliphatic carboxylic acids is 1. The summed E-state index contributed by atoms with van der Waals surface area (Å²) in [6.45, 7) is 0. The monoisotopic (exact) mass is 238 g/mol. The summed E-state index contributed by atoms with van der Waals surface area (Å²) in [4.78, 5) is 14.3. The van der Waals surface area contributed by atoms with Crippen LogP contribution in [0.2, 0.25) is 0 Å². The number of nitrogen functional groups attached to an aromatic ring is 1. The van der Waals surface area contributed by atoms with Crippen molar-refractivity contribution in [3.05, 3.63) is 23.8 Å². The van der Waals surface area contributed by atoms with Crippen LogP contribution in [-0.2, 0) is 4.79 Å². The number of aliphatic hydroxyl groups is 2. The van der Waals surface area contributed by atoms with E-state index in [1.165, 1.54) is 18.2 Å². The van der Waals surface area contributed by atoms with Crippen molar-refractivity contribution in [1.29, 1.82) is 0 Å². The molecule has 0 aliphatic carbocycles. The minimum atomic E-state index is -1.89. The summed E-state index contributed by atoms with van der Waals surface area (Å²) in [5.41, 5.74) is 6.37. The van der Waals surface area contributed by atoms with E-state index < -0.39 is 18.2 Å². The van der Waals surface area contributed by atoms with Gasteiger partial charge in [-0.05, 0) is 17.7 Å². The number of carboxylic acids is 1. The van der Waals surface area contributed by atoms with Crippen molar-refractivity contribution >= 4 is 23.1 Å². The van der Waals surface area contributed by atoms with Crippen LogP contribution in [0, 0.1) is 0 Å². The molecule has 0 bridgehead atoms. The first-order valence-electron chi connectivity index (χ1n) is 4.74. The Morgan fingerprint density at radius 3 is 2.76 bits per heavy atom. The number of aromatic nitrogens is 1. The minimum Gasteiger partial charge on any atom is -0.479 e. The van der Waals surface area contributed by atoms with Crippen LogP contribution >= 0.6 is 0 Å². The van der Waals surface area contributed by atoms with E-state index in [0.29, 0.717) is 11.1 Å². The molecule has 0 aliphatic rings. The average molecular weight is 238 g/mol. The first-order valence-corrected chi connectivity index (χ1v) is 4.74. The van der Waals surface area contributed by atoms with Crippen molar-refractivity contribution < 1.29 is 24.5 Å². The smallest absolute Gasteiger partial charge is 0.335 e. The van der Waals surface area contributed by atoms with Crippen LogP contribution in [0.4, 0.5) is 6.01 Å². The molecule has 2 unspecified atom stereocenters. The van der Waals surface area contributed by atoms with Crippen LogP contribution in [0.1, 0.15) is 11.7 Å². The maximum absolute atomic E-state index is 10.5. The second-order valence-corrected chi connectivity index (χ2v) is 3.51. The fourth-order valence-corrected chi connectivity index (χ4v) is 1.46. The number of nitrogens with zero attached hydrogens (tertiary/aromatic N) is 1. The molecule has 1 aromatic carbocycles. The Morgan fingerprint density at radius 1 is 1.41 bits per heavy atom. The quantitative estimate of drug-likeness (QED) is 0.586. The third kappa shape index (κ3) is 2.05. The van der Waals surface area contributed by atoms with Gasteiger partial charge in [0.2, 0.25) is 0 Å². The van der Waals surface area contributed by atoms with Crippen LogP contribution in [0.25, 0.3) is 11.1 Å². The molecule has 2 rings (SSSR count). The molecule has 0 saturated carbocycles. The van der Waals surface area contributed by atoms with E-state index in [1.807, 2.05) is 0 Å². The Labute approximate surface area is 95.1 Å². The van der Waals surface area contributed by atoms with E-state index in [2.05, 4.69) is 4.98 Å². The molecule has 0 spiro atoms.